The summed E-state index contributed by atoms with van der Waals surface area (Å²) in [5.74, 6) is -0.306. The van der Waals surface area contributed by atoms with Crippen molar-refractivity contribution in [1.82, 2.24) is 0 Å². The Balaban J connectivity index is 1.85. The molecule has 3 rings (SSSR count). The number of nitrogens with one attached hydrogen (secondary N) is 1. The number of amides is 2. The third-order valence-corrected chi connectivity index (χ3v) is 6.62. The second kappa shape index (κ2) is 9.09. The van der Waals surface area contributed by atoms with E-state index in [1.54, 1.807) is 42.2 Å². The highest BCUT2D eigenvalue weighted by Gasteiger charge is 2.32. The molecule has 2 amide bonds. The summed E-state index contributed by atoms with van der Waals surface area (Å²) in [6.45, 7) is 6.20. The van der Waals surface area contributed by atoms with E-state index in [4.69, 9.17) is 0 Å². The van der Waals surface area contributed by atoms with E-state index in [-0.39, 0.29) is 5.91 Å². The third kappa shape index (κ3) is 5.07. The topological polar surface area (TPSA) is 86.8 Å². The molecule has 1 N–H and O–H groups in total. The van der Waals surface area contributed by atoms with Crippen molar-refractivity contribution in [2.45, 2.75) is 46.1 Å². The molecule has 0 saturated carbocycles. The monoisotopic (exact) mass is 443 g/mol. The molecule has 166 valence electrons. The standard InChI is InChI=1S/C23H29N3O4S/c1-5-20(26(31(4,29)30)21-15-16(2)8-9-17(21)3)23(28)24-18-10-12-19(13-11-18)25-14-6-7-22(25)27/h8-13,15,20H,5-7,14H2,1-4H3,(H,24,28)/t20-/m1/s1. The van der Waals surface area contributed by atoms with Crippen LogP contribution in [0.15, 0.2) is 42.5 Å². The highest BCUT2D eigenvalue weighted by Crippen LogP contribution is 2.28. The van der Waals surface area contributed by atoms with Crippen molar-refractivity contribution >= 4 is 38.9 Å². The highest BCUT2D eigenvalue weighted by molar-refractivity contribution is 7.92. The van der Waals surface area contributed by atoms with Crippen LogP contribution in [0.2, 0.25) is 0 Å². The second-order valence-electron chi connectivity index (χ2n) is 7.96. The first-order valence-electron chi connectivity index (χ1n) is 10.4. The third-order valence-electron chi connectivity index (χ3n) is 5.45. The van der Waals surface area contributed by atoms with Crippen molar-refractivity contribution in [3.63, 3.8) is 0 Å². The molecule has 1 aliphatic heterocycles. The first-order valence-corrected chi connectivity index (χ1v) is 12.2. The SMILES string of the molecule is CC[C@H](C(=O)Nc1ccc(N2CCCC2=O)cc1)N(c1cc(C)ccc1C)S(C)(=O)=O. The second-order valence-corrected chi connectivity index (χ2v) is 9.82. The largest absolute Gasteiger partial charge is 0.324 e. The summed E-state index contributed by atoms with van der Waals surface area (Å²) in [7, 11) is -3.70. The molecule has 0 radical (unpaired) electrons. The maximum absolute atomic E-state index is 13.1. The van der Waals surface area contributed by atoms with Crippen molar-refractivity contribution in [1.29, 1.82) is 0 Å². The van der Waals surface area contributed by atoms with Crippen LogP contribution in [0.5, 0.6) is 0 Å². The number of anilines is 3. The van der Waals surface area contributed by atoms with Crippen LogP contribution in [0.3, 0.4) is 0 Å². The molecule has 2 aromatic carbocycles. The Hall–Kier alpha value is -2.87. The van der Waals surface area contributed by atoms with Gasteiger partial charge in [0.25, 0.3) is 0 Å². The normalized spacial score (nSPS) is 15.1. The van der Waals surface area contributed by atoms with Gasteiger partial charge in [0, 0.05) is 24.3 Å². The molecule has 7 nitrogen and oxygen atoms in total. The first kappa shape index (κ1) is 22.8. The number of sulfonamides is 1. The lowest BCUT2D eigenvalue weighted by Crippen LogP contribution is -2.47. The summed E-state index contributed by atoms with van der Waals surface area (Å²) >= 11 is 0. The van der Waals surface area contributed by atoms with Crippen LogP contribution in [0.1, 0.15) is 37.3 Å². The lowest BCUT2D eigenvalue weighted by atomic mass is 10.1. The Morgan fingerprint density at radius 2 is 1.84 bits per heavy atom. The van der Waals surface area contributed by atoms with E-state index < -0.39 is 22.0 Å². The zero-order valence-corrected chi connectivity index (χ0v) is 19.2. The summed E-state index contributed by atoms with van der Waals surface area (Å²) in [4.78, 5) is 26.8. The van der Waals surface area contributed by atoms with Crippen LogP contribution in [-0.2, 0) is 19.6 Å². The van der Waals surface area contributed by atoms with Crippen molar-refractivity contribution in [2.75, 3.05) is 27.3 Å². The molecule has 31 heavy (non-hydrogen) atoms. The van der Waals surface area contributed by atoms with E-state index in [9.17, 15) is 18.0 Å². The molecule has 0 spiro atoms. The number of hydrogen-bond donors (Lipinski definition) is 1. The van der Waals surface area contributed by atoms with Gasteiger partial charge in [-0.2, -0.15) is 0 Å². The van der Waals surface area contributed by atoms with Gasteiger partial charge in [0.2, 0.25) is 21.8 Å². The fraction of sp³-hybridized carbons (Fsp3) is 0.391. The summed E-state index contributed by atoms with van der Waals surface area (Å²) < 4.78 is 26.6. The quantitative estimate of drug-likeness (QED) is 0.708. The Kier molecular flexibility index (Phi) is 6.69. The van der Waals surface area contributed by atoms with E-state index in [0.717, 1.165) is 29.5 Å². The number of aryl methyl sites for hydroxylation is 2. The lowest BCUT2D eigenvalue weighted by Gasteiger charge is -2.31. The van der Waals surface area contributed by atoms with Crippen molar-refractivity contribution in [3.8, 4) is 0 Å². The first-order chi connectivity index (χ1) is 14.6. The summed E-state index contributed by atoms with van der Waals surface area (Å²) in [5, 5.41) is 2.83. The van der Waals surface area contributed by atoms with Gasteiger partial charge in [0.15, 0.2) is 0 Å². The van der Waals surface area contributed by atoms with Crippen molar-refractivity contribution < 1.29 is 18.0 Å². The summed E-state index contributed by atoms with van der Waals surface area (Å²) in [6.07, 6.45) is 2.82. The average Bonchev–Trinajstić information content (AvgIpc) is 3.13. The van der Waals surface area contributed by atoms with E-state index >= 15 is 0 Å². The van der Waals surface area contributed by atoms with Crippen LogP contribution in [0.25, 0.3) is 0 Å². The fourth-order valence-electron chi connectivity index (χ4n) is 3.86. The number of rotatable bonds is 7. The molecule has 1 aliphatic rings. The van der Waals surface area contributed by atoms with Crippen LogP contribution in [0.4, 0.5) is 17.1 Å². The summed E-state index contributed by atoms with van der Waals surface area (Å²) in [5.41, 5.74) is 3.54. The zero-order chi connectivity index (χ0) is 22.8. The molecule has 0 bridgehead atoms. The van der Waals surface area contributed by atoms with Gasteiger partial charge in [-0.25, -0.2) is 8.42 Å². The number of benzene rings is 2. The predicted molar refractivity (Wildman–Crippen MR) is 124 cm³/mol. The van der Waals surface area contributed by atoms with Gasteiger partial charge in [-0.15, -0.1) is 0 Å². The van der Waals surface area contributed by atoms with Gasteiger partial charge >= 0.3 is 0 Å². The van der Waals surface area contributed by atoms with Gasteiger partial charge in [-0.1, -0.05) is 19.1 Å². The molecule has 1 fully saturated rings. The number of hydrogen-bond acceptors (Lipinski definition) is 4. The average molecular weight is 444 g/mol. The van der Waals surface area contributed by atoms with E-state index in [1.165, 1.54) is 4.31 Å². The Morgan fingerprint density at radius 1 is 1.16 bits per heavy atom. The molecule has 2 aromatic rings. The Morgan fingerprint density at radius 3 is 2.39 bits per heavy atom. The number of nitrogens with zero attached hydrogens (tertiary/aromatic N) is 2. The van der Waals surface area contributed by atoms with Gasteiger partial charge < -0.3 is 10.2 Å². The minimum Gasteiger partial charge on any atom is -0.324 e. The van der Waals surface area contributed by atoms with Crippen LogP contribution < -0.4 is 14.5 Å². The van der Waals surface area contributed by atoms with Gasteiger partial charge in [0.05, 0.1) is 11.9 Å². The van der Waals surface area contributed by atoms with E-state index in [2.05, 4.69) is 5.32 Å². The van der Waals surface area contributed by atoms with Crippen LogP contribution in [-0.4, -0.2) is 39.1 Å². The fourth-order valence-corrected chi connectivity index (χ4v) is 5.12. The van der Waals surface area contributed by atoms with Gasteiger partial charge in [-0.3, -0.25) is 13.9 Å². The van der Waals surface area contributed by atoms with Crippen molar-refractivity contribution in [3.05, 3.63) is 53.6 Å². The maximum atomic E-state index is 13.1. The molecule has 0 aromatic heterocycles. The minimum absolute atomic E-state index is 0.0974. The smallest absolute Gasteiger partial charge is 0.248 e. The van der Waals surface area contributed by atoms with E-state index in [0.29, 0.717) is 30.8 Å². The molecule has 1 atom stereocenters. The van der Waals surface area contributed by atoms with E-state index in [1.807, 2.05) is 26.0 Å². The molecular weight excluding hydrogens is 414 g/mol. The zero-order valence-electron chi connectivity index (χ0n) is 18.4. The number of carbonyl (C=O) groups is 2. The molecule has 1 heterocycles. The molecule has 0 unspecified atom stereocenters. The minimum atomic E-state index is -3.70. The van der Waals surface area contributed by atoms with Crippen LogP contribution >= 0.6 is 0 Å². The molecular formula is C23H29N3O4S. The van der Waals surface area contributed by atoms with Gasteiger partial charge in [0.1, 0.15) is 6.04 Å². The van der Waals surface area contributed by atoms with Gasteiger partial charge in [-0.05, 0) is 68.1 Å². The lowest BCUT2D eigenvalue weighted by molar-refractivity contribution is -0.118. The molecule has 1 saturated heterocycles. The Bertz CT molecular complexity index is 1080. The molecule has 8 heteroatoms. The van der Waals surface area contributed by atoms with Crippen molar-refractivity contribution in [2.24, 2.45) is 0 Å². The predicted octanol–water partition coefficient (Wildman–Crippen LogP) is 3.61. The molecule has 0 aliphatic carbocycles. The highest BCUT2D eigenvalue weighted by atomic mass is 32.2. The summed E-state index contributed by atoms with van der Waals surface area (Å²) in [6, 6.07) is 11.7. The maximum Gasteiger partial charge on any atom is 0.248 e. The van der Waals surface area contributed by atoms with Crippen LogP contribution in [0, 0.1) is 13.8 Å². The number of carbonyl (C=O) groups excluding carboxylic acids is 2. The Labute approximate surface area is 184 Å².